The maximum atomic E-state index is 13.2. The molecule has 0 aromatic heterocycles. The van der Waals surface area contributed by atoms with E-state index in [0.29, 0.717) is 12.8 Å². The number of nitrogens with one attached hydrogen (secondary N) is 2. The van der Waals surface area contributed by atoms with Crippen LogP contribution in [0.3, 0.4) is 0 Å². The van der Waals surface area contributed by atoms with E-state index in [4.69, 9.17) is 0 Å². The molecule has 1 aromatic carbocycles. The van der Waals surface area contributed by atoms with Crippen molar-refractivity contribution in [2.24, 2.45) is 0 Å². The lowest BCUT2D eigenvalue weighted by Crippen LogP contribution is -2.39. The van der Waals surface area contributed by atoms with Crippen molar-refractivity contribution in [1.82, 2.24) is 10.9 Å². The van der Waals surface area contributed by atoms with E-state index in [9.17, 15) is 32.9 Å². The lowest BCUT2D eigenvalue weighted by molar-refractivity contribution is -0.384. The highest BCUT2D eigenvalue weighted by Crippen LogP contribution is 2.28. The standard InChI is InChI=1S/C21H26F3N3O4/c22-21(23,24)19(28)17-12-7-5-3-1-2-4-6-8-13-18(17)25-26-20(29)15-10-9-11-16(14-15)27(30)31/h9-11,14,25H,1-8,12-13H2,(H,26,29)/b18-17-. The number of nitrogens with zero attached hydrogens (tertiary/aromatic N) is 1. The first-order valence-electron chi connectivity index (χ1n) is 10.3. The minimum absolute atomic E-state index is 0.0286. The van der Waals surface area contributed by atoms with E-state index in [1.807, 2.05) is 0 Å². The first-order valence-corrected chi connectivity index (χ1v) is 10.3. The number of hydrogen-bond donors (Lipinski definition) is 2. The quantitative estimate of drug-likeness (QED) is 0.487. The summed E-state index contributed by atoms with van der Waals surface area (Å²) in [6.07, 6.45) is 1.63. The summed E-state index contributed by atoms with van der Waals surface area (Å²) in [7, 11) is 0. The Balaban J connectivity index is 2.24. The minimum Gasteiger partial charge on any atom is -0.302 e. The molecule has 0 saturated carbocycles. The Kier molecular flexibility index (Phi) is 9.02. The molecule has 0 fully saturated rings. The summed E-state index contributed by atoms with van der Waals surface area (Å²) in [5, 5.41) is 10.9. The summed E-state index contributed by atoms with van der Waals surface area (Å²) >= 11 is 0. The molecule has 1 aliphatic rings. The molecule has 0 aliphatic heterocycles. The first kappa shape index (κ1) is 24.4. The Bertz CT molecular complexity index is 837. The topological polar surface area (TPSA) is 101 Å². The van der Waals surface area contributed by atoms with Gasteiger partial charge in [-0.3, -0.25) is 25.1 Å². The number of nitro benzene ring substituents is 1. The molecule has 0 spiro atoms. The number of Topliss-reactive ketones (excluding diaryl/α,β-unsaturated/α-hetero) is 1. The zero-order valence-corrected chi connectivity index (χ0v) is 17.1. The number of halogens is 3. The van der Waals surface area contributed by atoms with Gasteiger partial charge >= 0.3 is 6.18 Å². The molecule has 7 nitrogen and oxygen atoms in total. The monoisotopic (exact) mass is 441 g/mol. The van der Waals surface area contributed by atoms with E-state index >= 15 is 0 Å². The van der Waals surface area contributed by atoms with Gasteiger partial charge in [0.25, 0.3) is 17.4 Å². The van der Waals surface area contributed by atoms with Gasteiger partial charge in [-0.2, -0.15) is 13.2 Å². The highest BCUT2D eigenvalue weighted by atomic mass is 19.4. The molecular weight excluding hydrogens is 415 g/mol. The van der Waals surface area contributed by atoms with Crippen LogP contribution in [-0.2, 0) is 4.79 Å². The highest BCUT2D eigenvalue weighted by Gasteiger charge is 2.41. The van der Waals surface area contributed by atoms with Gasteiger partial charge in [0.2, 0.25) is 0 Å². The van der Waals surface area contributed by atoms with Crippen molar-refractivity contribution in [2.75, 3.05) is 0 Å². The maximum absolute atomic E-state index is 13.2. The number of carbonyl (C=O) groups excluding carboxylic acids is 2. The number of nitro groups is 1. The second-order valence-electron chi connectivity index (χ2n) is 7.50. The second-order valence-corrected chi connectivity index (χ2v) is 7.50. The van der Waals surface area contributed by atoms with Crippen LogP contribution in [0.15, 0.2) is 35.5 Å². The van der Waals surface area contributed by atoms with Gasteiger partial charge in [0.1, 0.15) is 0 Å². The van der Waals surface area contributed by atoms with Crippen LogP contribution in [0.2, 0.25) is 0 Å². The average Bonchev–Trinajstić information content (AvgIpc) is 2.72. The molecule has 10 heteroatoms. The Hall–Kier alpha value is -2.91. The molecule has 31 heavy (non-hydrogen) atoms. The van der Waals surface area contributed by atoms with Gasteiger partial charge < -0.3 is 5.43 Å². The third kappa shape index (κ3) is 7.69. The van der Waals surface area contributed by atoms with Crippen LogP contribution in [0.1, 0.15) is 74.6 Å². The Labute approximate surface area is 178 Å². The summed E-state index contributed by atoms with van der Waals surface area (Å²) in [5.74, 6) is -2.65. The predicted molar refractivity (Wildman–Crippen MR) is 108 cm³/mol. The van der Waals surface area contributed by atoms with Crippen LogP contribution in [0.5, 0.6) is 0 Å². The van der Waals surface area contributed by atoms with Gasteiger partial charge in [-0.15, -0.1) is 0 Å². The number of rotatable bonds is 5. The van der Waals surface area contributed by atoms with E-state index in [1.165, 1.54) is 18.2 Å². The Morgan fingerprint density at radius 3 is 2.10 bits per heavy atom. The summed E-state index contributed by atoms with van der Waals surface area (Å²) < 4.78 is 39.6. The van der Waals surface area contributed by atoms with Gasteiger partial charge in [0, 0.05) is 29.0 Å². The lowest BCUT2D eigenvalue weighted by atomic mass is 9.96. The molecular formula is C21H26F3N3O4. The number of allylic oxidation sites excluding steroid dienone is 2. The smallest absolute Gasteiger partial charge is 0.302 e. The van der Waals surface area contributed by atoms with Gasteiger partial charge in [0.05, 0.1) is 4.92 Å². The summed E-state index contributed by atoms with van der Waals surface area (Å²) in [6, 6.07) is 4.97. The molecule has 0 saturated heterocycles. The van der Waals surface area contributed by atoms with E-state index in [2.05, 4.69) is 10.9 Å². The Morgan fingerprint density at radius 1 is 0.935 bits per heavy atom. The number of benzene rings is 1. The number of alkyl halides is 3. The molecule has 1 amide bonds. The average molecular weight is 441 g/mol. The lowest BCUT2D eigenvalue weighted by Gasteiger charge is -2.19. The summed E-state index contributed by atoms with van der Waals surface area (Å²) in [4.78, 5) is 34.7. The van der Waals surface area contributed by atoms with Crippen molar-refractivity contribution in [1.29, 1.82) is 0 Å². The normalized spacial score (nSPS) is 18.9. The van der Waals surface area contributed by atoms with Crippen LogP contribution in [0.25, 0.3) is 0 Å². The van der Waals surface area contributed by atoms with E-state index in [-0.39, 0.29) is 35.4 Å². The highest BCUT2D eigenvalue weighted by molar-refractivity contribution is 6.00. The van der Waals surface area contributed by atoms with Gasteiger partial charge in [0.15, 0.2) is 0 Å². The van der Waals surface area contributed by atoms with Crippen LogP contribution in [-0.4, -0.2) is 22.8 Å². The van der Waals surface area contributed by atoms with Crippen molar-refractivity contribution in [3.8, 4) is 0 Å². The fraction of sp³-hybridized carbons (Fsp3) is 0.524. The Morgan fingerprint density at radius 2 is 1.52 bits per heavy atom. The molecule has 0 heterocycles. The fourth-order valence-electron chi connectivity index (χ4n) is 3.49. The third-order valence-corrected chi connectivity index (χ3v) is 5.15. The van der Waals surface area contributed by atoms with Crippen molar-refractivity contribution < 1.29 is 27.7 Å². The minimum atomic E-state index is -5.01. The van der Waals surface area contributed by atoms with Crippen molar-refractivity contribution in [3.63, 3.8) is 0 Å². The molecule has 0 atom stereocenters. The number of non-ortho nitro benzene ring substituents is 1. The SMILES string of the molecule is O=C(NN/C1=C(\C(=O)C(F)(F)F)CCCCCCCCCC1)c1cccc([N+](=O)[O-])c1. The van der Waals surface area contributed by atoms with E-state index < -0.39 is 22.8 Å². The summed E-state index contributed by atoms with van der Waals surface area (Å²) in [6.45, 7) is 0. The predicted octanol–water partition coefficient (Wildman–Crippen LogP) is 5.13. The van der Waals surface area contributed by atoms with Crippen molar-refractivity contribution >= 4 is 17.4 Å². The van der Waals surface area contributed by atoms with Crippen molar-refractivity contribution in [2.45, 2.75) is 70.4 Å². The molecule has 2 N–H and O–H groups in total. The van der Waals surface area contributed by atoms with Gasteiger partial charge in [-0.1, -0.05) is 44.6 Å². The zero-order chi connectivity index (χ0) is 22.9. The van der Waals surface area contributed by atoms with Crippen LogP contribution in [0, 0.1) is 10.1 Å². The van der Waals surface area contributed by atoms with E-state index in [1.54, 1.807) is 0 Å². The molecule has 0 bridgehead atoms. The van der Waals surface area contributed by atoms with Gasteiger partial charge in [-0.05, 0) is 31.7 Å². The molecule has 1 aliphatic carbocycles. The number of carbonyl (C=O) groups is 2. The number of amides is 1. The maximum Gasteiger partial charge on any atom is 0.454 e. The molecule has 1 aromatic rings. The van der Waals surface area contributed by atoms with Gasteiger partial charge in [-0.25, -0.2) is 0 Å². The molecule has 0 unspecified atom stereocenters. The summed E-state index contributed by atoms with van der Waals surface area (Å²) in [5.41, 5.74) is 4.17. The molecule has 170 valence electrons. The number of hydrogen-bond acceptors (Lipinski definition) is 5. The fourth-order valence-corrected chi connectivity index (χ4v) is 3.49. The van der Waals surface area contributed by atoms with E-state index in [0.717, 1.165) is 44.6 Å². The number of ketones is 1. The second kappa shape index (κ2) is 11.5. The molecule has 0 radical (unpaired) electrons. The van der Waals surface area contributed by atoms with Crippen molar-refractivity contribution in [3.05, 3.63) is 51.2 Å². The number of hydrazine groups is 1. The third-order valence-electron chi connectivity index (χ3n) is 5.15. The molecule has 2 rings (SSSR count). The zero-order valence-electron chi connectivity index (χ0n) is 17.1. The van der Waals surface area contributed by atoms with Crippen LogP contribution < -0.4 is 10.9 Å². The largest absolute Gasteiger partial charge is 0.454 e. The first-order chi connectivity index (χ1) is 14.7. The van der Waals surface area contributed by atoms with Crippen LogP contribution in [0.4, 0.5) is 18.9 Å². The van der Waals surface area contributed by atoms with Crippen LogP contribution >= 0.6 is 0 Å².